The molecule has 0 spiro atoms. The van der Waals surface area contributed by atoms with Crippen molar-refractivity contribution in [3.63, 3.8) is 0 Å². The van der Waals surface area contributed by atoms with Gasteiger partial charge in [0.25, 0.3) is 0 Å². The molecule has 1 fully saturated rings. The van der Waals surface area contributed by atoms with E-state index in [0.29, 0.717) is 6.61 Å². The zero-order chi connectivity index (χ0) is 12.1. The lowest BCUT2D eigenvalue weighted by atomic mass is 9.79. The zero-order valence-corrected chi connectivity index (χ0v) is 11.1. The van der Waals surface area contributed by atoms with Crippen molar-refractivity contribution in [1.82, 2.24) is 0 Å². The van der Waals surface area contributed by atoms with Gasteiger partial charge in [-0.15, -0.1) is 11.3 Å². The Morgan fingerprint density at radius 2 is 2.41 bits per heavy atom. The van der Waals surface area contributed by atoms with E-state index in [1.807, 2.05) is 6.07 Å². The summed E-state index contributed by atoms with van der Waals surface area (Å²) in [5, 5.41) is 11.2. The minimum atomic E-state index is 0.0952. The number of hydrogen-bond acceptors (Lipinski definition) is 3. The highest BCUT2D eigenvalue weighted by Gasteiger charge is 2.30. The van der Waals surface area contributed by atoms with E-state index in [-0.39, 0.29) is 12.0 Å². The Kier molecular flexibility index (Phi) is 4.58. The number of rotatable bonds is 4. The summed E-state index contributed by atoms with van der Waals surface area (Å²) in [6.07, 6.45) is 4.59. The van der Waals surface area contributed by atoms with Gasteiger partial charge in [-0.25, -0.2) is 0 Å². The monoisotopic (exact) mass is 249 g/mol. The van der Waals surface area contributed by atoms with E-state index < -0.39 is 0 Å². The molecule has 92 valence electrons. The Morgan fingerprint density at radius 3 is 3.06 bits per heavy atom. The minimum absolute atomic E-state index is 0.0952. The Balaban J connectivity index is 1.89. The average molecular weight is 249 g/mol. The first kappa shape index (κ1) is 12.6. The van der Waals surface area contributed by atoms with Crippen molar-refractivity contribution in [2.45, 2.75) is 45.3 Å². The fraction of sp³-hybridized carbons (Fsp3) is 0.643. The van der Waals surface area contributed by atoms with Gasteiger partial charge in [-0.05, 0) is 36.6 Å². The molecule has 1 aromatic heterocycles. The van der Waals surface area contributed by atoms with Crippen LogP contribution in [-0.2, 0) is 11.3 Å². The van der Waals surface area contributed by atoms with Gasteiger partial charge >= 0.3 is 0 Å². The average Bonchev–Trinajstić information content (AvgIpc) is 2.89. The van der Waals surface area contributed by atoms with E-state index >= 15 is 0 Å². The van der Waals surface area contributed by atoms with Crippen LogP contribution < -0.4 is 0 Å². The van der Waals surface area contributed by atoms with Gasteiger partial charge in [0, 0.05) is 4.88 Å². The Labute approximate surface area is 107 Å². The van der Waals surface area contributed by atoms with Crippen molar-refractivity contribution >= 4 is 11.3 Å². The van der Waals surface area contributed by atoms with Crippen LogP contribution in [0.25, 0.3) is 0 Å². The molecule has 2 nitrogen and oxygen atoms in total. The summed E-state index contributed by atoms with van der Waals surface area (Å²) in [5.41, 5.74) is 0. The van der Waals surface area contributed by atoms with Gasteiger partial charge in [0.05, 0.1) is 24.7 Å². The van der Waals surface area contributed by atoms with Gasteiger partial charge < -0.3 is 4.74 Å². The molecular weight excluding hydrogens is 230 g/mol. The van der Waals surface area contributed by atoms with E-state index in [1.165, 1.54) is 17.7 Å². The summed E-state index contributed by atoms with van der Waals surface area (Å²) in [6.45, 7) is 2.89. The van der Waals surface area contributed by atoms with Gasteiger partial charge in [-0.1, -0.05) is 19.4 Å². The van der Waals surface area contributed by atoms with E-state index in [0.717, 1.165) is 18.8 Å². The molecule has 1 heterocycles. The zero-order valence-electron chi connectivity index (χ0n) is 10.3. The highest BCUT2D eigenvalue weighted by molar-refractivity contribution is 7.09. The van der Waals surface area contributed by atoms with E-state index in [4.69, 9.17) is 10.00 Å². The maximum Gasteiger partial charge on any atom is 0.0813 e. The topological polar surface area (TPSA) is 33.0 Å². The van der Waals surface area contributed by atoms with Crippen molar-refractivity contribution in [2.75, 3.05) is 0 Å². The molecule has 0 radical (unpaired) electrons. The molecule has 3 heteroatoms. The molecule has 3 unspecified atom stereocenters. The highest BCUT2D eigenvalue weighted by atomic mass is 32.1. The number of nitrogens with zero attached hydrogens (tertiary/aromatic N) is 1. The number of nitriles is 1. The molecule has 1 aliphatic carbocycles. The third kappa shape index (κ3) is 3.31. The van der Waals surface area contributed by atoms with Crippen LogP contribution in [-0.4, -0.2) is 6.10 Å². The van der Waals surface area contributed by atoms with E-state index in [1.54, 1.807) is 11.3 Å². The molecule has 3 atom stereocenters. The van der Waals surface area contributed by atoms with Crippen LogP contribution >= 0.6 is 11.3 Å². The molecule has 0 amide bonds. The minimum Gasteiger partial charge on any atom is -0.371 e. The molecular formula is C14H19NOS. The normalized spacial score (nSPS) is 28.8. The van der Waals surface area contributed by atoms with Crippen LogP contribution in [0.2, 0.25) is 0 Å². The molecule has 1 saturated carbocycles. The Bertz CT molecular complexity index is 368. The second-order valence-corrected chi connectivity index (χ2v) is 5.78. The van der Waals surface area contributed by atoms with Crippen LogP contribution in [0.5, 0.6) is 0 Å². The van der Waals surface area contributed by atoms with E-state index in [9.17, 15) is 0 Å². The molecule has 0 N–H and O–H groups in total. The van der Waals surface area contributed by atoms with Gasteiger partial charge in [-0.2, -0.15) is 5.26 Å². The first-order valence-electron chi connectivity index (χ1n) is 6.37. The van der Waals surface area contributed by atoms with E-state index in [2.05, 4.69) is 24.4 Å². The summed E-state index contributed by atoms with van der Waals surface area (Å²) >= 11 is 1.72. The summed E-state index contributed by atoms with van der Waals surface area (Å²) in [5.74, 6) is 0.839. The third-order valence-corrected chi connectivity index (χ3v) is 4.51. The summed E-state index contributed by atoms with van der Waals surface area (Å²) in [4.78, 5) is 1.25. The Hall–Kier alpha value is -0.850. The van der Waals surface area contributed by atoms with Gasteiger partial charge in [-0.3, -0.25) is 0 Å². The van der Waals surface area contributed by atoms with Crippen molar-refractivity contribution in [3.05, 3.63) is 22.4 Å². The lowest BCUT2D eigenvalue weighted by Crippen LogP contribution is -2.30. The maximum absolute atomic E-state index is 9.15. The molecule has 0 saturated heterocycles. The predicted octanol–water partition coefficient (Wildman–Crippen LogP) is 3.98. The second-order valence-electron chi connectivity index (χ2n) is 4.75. The largest absolute Gasteiger partial charge is 0.371 e. The van der Waals surface area contributed by atoms with Gasteiger partial charge in [0.15, 0.2) is 0 Å². The summed E-state index contributed by atoms with van der Waals surface area (Å²) in [6, 6.07) is 6.54. The van der Waals surface area contributed by atoms with Crippen molar-refractivity contribution in [1.29, 1.82) is 5.26 Å². The van der Waals surface area contributed by atoms with Crippen molar-refractivity contribution in [3.8, 4) is 6.07 Å². The maximum atomic E-state index is 9.15. The fourth-order valence-electron chi connectivity index (χ4n) is 2.50. The molecule has 1 aromatic rings. The highest BCUT2D eigenvalue weighted by Crippen LogP contribution is 2.33. The fourth-order valence-corrected chi connectivity index (χ4v) is 3.12. The standard InChI is InChI=1S/C14H19NOS/c1-2-11-5-6-12(9-15)14(8-11)16-10-13-4-3-7-17-13/h3-4,7,11-12,14H,2,5-6,8,10H2,1H3. The van der Waals surface area contributed by atoms with Gasteiger partial charge in [0.1, 0.15) is 0 Å². The smallest absolute Gasteiger partial charge is 0.0813 e. The van der Waals surface area contributed by atoms with Crippen LogP contribution in [0.3, 0.4) is 0 Å². The summed E-state index contributed by atoms with van der Waals surface area (Å²) in [7, 11) is 0. The lowest BCUT2D eigenvalue weighted by molar-refractivity contribution is -0.0190. The van der Waals surface area contributed by atoms with Crippen molar-refractivity contribution < 1.29 is 4.74 Å². The second kappa shape index (κ2) is 6.18. The molecule has 2 rings (SSSR count). The predicted molar refractivity (Wildman–Crippen MR) is 69.6 cm³/mol. The first-order chi connectivity index (χ1) is 8.33. The first-order valence-corrected chi connectivity index (χ1v) is 7.25. The lowest BCUT2D eigenvalue weighted by Gasteiger charge is -2.32. The van der Waals surface area contributed by atoms with Crippen molar-refractivity contribution in [2.24, 2.45) is 11.8 Å². The van der Waals surface area contributed by atoms with Crippen LogP contribution in [0.15, 0.2) is 17.5 Å². The molecule has 1 aliphatic rings. The molecule has 0 bridgehead atoms. The number of thiophene rings is 1. The molecule has 0 aromatic carbocycles. The van der Waals surface area contributed by atoms with Gasteiger partial charge in [0.2, 0.25) is 0 Å². The SMILES string of the molecule is CCC1CCC(C#N)C(OCc2cccs2)C1. The van der Waals surface area contributed by atoms with Crippen LogP contribution in [0.1, 0.15) is 37.5 Å². The van der Waals surface area contributed by atoms with Crippen LogP contribution in [0, 0.1) is 23.2 Å². The third-order valence-electron chi connectivity index (χ3n) is 3.66. The summed E-state index contributed by atoms with van der Waals surface area (Å²) < 4.78 is 5.95. The number of ether oxygens (including phenoxy) is 1. The van der Waals surface area contributed by atoms with Crippen LogP contribution in [0.4, 0.5) is 0 Å². The molecule has 0 aliphatic heterocycles. The Morgan fingerprint density at radius 1 is 1.53 bits per heavy atom. The molecule has 17 heavy (non-hydrogen) atoms. The number of hydrogen-bond donors (Lipinski definition) is 0. The quantitative estimate of drug-likeness (QED) is 0.808.